The van der Waals surface area contributed by atoms with Crippen LogP contribution in [0.4, 0.5) is 0 Å². The molecule has 0 saturated carbocycles. The zero-order chi connectivity index (χ0) is 11.5. The lowest BCUT2D eigenvalue weighted by molar-refractivity contribution is -0.153. The molecule has 1 atom stereocenters. The van der Waals surface area contributed by atoms with Crippen LogP contribution in [0, 0.1) is 0 Å². The van der Waals surface area contributed by atoms with Gasteiger partial charge in [0.05, 0.1) is 18.8 Å². The third-order valence-corrected chi connectivity index (χ3v) is 2.51. The summed E-state index contributed by atoms with van der Waals surface area (Å²) in [4.78, 5) is 12.9. The lowest BCUT2D eigenvalue weighted by atomic mass is 10.1. The summed E-state index contributed by atoms with van der Waals surface area (Å²) < 4.78 is 10.5. The van der Waals surface area contributed by atoms with E-state index in [1.54, 1.807) is 0 Å². The molecule has 0 amide bonds. The Bertz CT molecular complexity index is 229. The van der Waals surface area contributed by atoms with E-state index in [0.29, 0.717) is 19.7 Å². The highest BCUT2D eigenvalue weighted by Gasteiger charge is 2.34. The van der Waals surface area contributed by atoms with E-state index in [4.69, 9.17) is 14.6 Å². The maximum atomic E-state index is 11.0. The molecule has 1 unspecified atom stereocenters. The third kappa shape index (κ3) is 3.44. The number of hydrogen-bond donors (Lipinski definition) is 1. The molecule has 0 aliphatic carbocycles. The minimum absolute atomic E-state index is 0.214. The van der Waals surface area contributed by atoms with Gasteiger partial charge >= 0.3 is 5.97 Å². The highest BCUT2D eigenvalue weighted by Crippen LogP contribution is 2.18. The molecule has 1 saturated heterocycles. The first-order valence-electron chi connectivity index (χ1n) is 5.06. The standard InChI is InChI=1S/C10H19NO4/c1-10(2)7-11(4-5-15-10)8(6-14-3)9(12)13/h8H,4-7H2,1-3H3,(H,12,13). The second-order valence-electron chi connectivity index (χ2n) is 4.39. The summed E-state index contributed by atoms with van der Waals surface area (Å²) in [5.41, 5.74) is -0.278. The van der Waals surface area contributed by atoms with Gasteiger partial charge in [-0.3, -0.25) is 9.69 Å². The zero-order valence-electron chi connectivity index (χ0n) is 9.52. The van der Waals surface area contributed by atoms with Crippen molar-refractivity contribution in [1.29, 1.82) is 0 Å². The van der Waals surface area contributed by atoms with Gasteiger partial charge in [-0.25, -0.2) is 0 Å². The molecule has 1 aliphatic heterocycles. The highest BCUT2D eigenvalue weighted by molar-refractivity contribution is 5.73. The van der Waals surface area contributed by atoms with E-state index in [1.165, 1.54) is 7.11 Å². The Morgan fingerprint density at radius 2 is 2.33 bits per heavy atom. The molecule has 5 nitrogen and oxygen atoms in total. The number of carbonyl (C=O) groups is 1. The van der Waals surface area contributed by atoms with E-state index < -0.39 is 12.0 Å². The summed E-state index contributed by atoms with van der Waals surface area (Å²) in [5.74, 6) is -0.838. The van der Waals surface area contributed by atoms with E-state index in [0.717, 1.165) is 0 Å². The fourth-order valence-corrected chi connectivity index (χ4v) is 1.81. The number of rotatable bonds is 4. The average molecular weight is 217 g/mol. The Morgan fingerprint density at radius 3 is 2.80 bits per heavy atom. The van der Waals surface area contributed by atoms with E-state index in [1.807, 2.05) is 18.7 Å². The van der Waals surface area contributed by atoms with Crippen molar-refractivity contribution in [2.45, 2.75) is 25.5 Å². The van der Waals surface area contributed by atoms with Gasteiger partial charge in [0.2, 0.25) is 0 Å². The van der Waals surface area contributed by atoms with Crippen LogP contribution in [0.15, 0.2) is 0 Å². The summed E-state index contributed by atoms with van der Waals surface area (Å²) in [6.45, 7) is 5.97. The molecule has 0 aromatic heterocycles. The van der Waals surface area contributed by atoms with Crippen molar-refractivity contribution < 1.29 is 19.4 Å². The predicted molar refractivity (Wildman–Crippen MR) is 54.9 cm³/mol. The maximum Gasteiger partial charge on any atom is 0.323 e. The zero-order valence-corrected chi connectivity index (χ0v) is 9.52. The minimum Gasteiger partial charge on any atom is -0.480 e. The summed E-state index contributed by atoms with van der Waals surface area (Å²) in [6, 6.07) is -0.571. The van der Waals surface area contributed by atoms with Gasteiger partial charge in [-0.1, -0.05) is 0 Å². The van der Waals surface area contributed by atoms with Crippen LogP contribution >= 0.6 is 0 Å². The molecular formula is C10H19NO4. The van der Waals surface area contributed by atoms with Gasteiger partial charge in [-0.05, 0) is 13.8 Å². The molecule has 1 rings (SSSR count). The Balaban J connectivity index is 2.63. The van der Waals surface area contributed by atoms with E-state index in [-0.39, 0.29) is 12.2 Å². The fraction of sp³-hybridized carbons (Fsp3) is 0.900. The van der Waals surface area contributed by atoms with Crippen molar-refractivity contribution in [2.24, 2.45) is 0 Å². The summed E-state index contributed by atoms with van der Waals surface area (Å²) in [5, 5.41) is 9.06. The molecule has 0 spiro atoms. The summed E-state index contributed by atoms with van der Waals surface area (Å²) >= 11 is 0. The van der Waals surface area contributed by atoms with Crippen LogP contribution < -0.4 is 0 Å². The monoisotopic (exact) mass is 217 g/mol. The Hall–Kier alpha value is -0.650. The SMILES string of the molecule is COCC(C(=O)O)N1CCOC(C)(C)C1. The molecule has 88 valence electrons. The van der Waals surface area contributed by atoms with Crippen molar-refractivity contribution in [3.8, 4) is 0 Å². The van der Waals surface area contributed by atoms with Crippen LogP contribution in [0.5, 0.6) is 0 Å². The minimum atomic E-state index is -0.838. The number of aliphatic carboxylic acids is 1. The summed E-state index contributed by atoms with van der Waals surface area (Å²) in [6.07, 6.45) is 0. The Kier molecular flexibility index (Phi) is 4.07. The fourth-order valence-electron chi connectivity index (χ4n) is 1.81. The molecule has 0 aromatic carbocycles. The first-order chi connectivity index (χ1) is 6.96. The maximum absolute atomic E-state index is 11.0. The second-order valence-corrected chi connectivity index (χ2v) is 4.39. The molecule has 1 aliphatic rings. The van der Waals surface area contributed by atoms with Crippen molar-refractivity contribution in [2.75, 3.05) is 33.4 Å². The number of nitrogens with zero attached hydrogens (tertiary/aromatic N) is 1. The molecule has 0 bridgehead atoms. The van der Waals surface area contributed by atoms with Gasteiger partial charge in [0.1, 0.15) is 6.04 Å². The van der Waals surface area contributed by atoms with Crippen LogP contribution in [0.1, 0.15) is 13.8 Å². The molecule has 0 aromatic rings. The largest absolute Gasteiger partial charge is 0.480 e. The van der Waals surface area contributed by atoms with Crippen LogP contribution in [-0.4, -0.2) is 61.0 Å². The van der Waals surface area contributed by atoms with Gasteiger partial charge in [-0.2, -0.15) is 0 Å². The quantitative estimate of drug-likeness (QED) is 0.728. The van der Waals surface area contributed by atoms with Gasteiger partial charge in [0.25, 0.3) is 0 Å². The normalized spacial score (nSPS) is 23.7. The molecule has 1 fully saturated rings. The van der Waals surface area contributed by atoms with Gasteiger partial charge in [0, 0.05) is 20.2 Å². The van der Waals surface area contributed by atoms with E-state index in [9.17, 15) is 4.79 Å². The Morgan fingerprint density at radius 1 is 1.67 bits per heavy atom. The lowest BCUT2D eigenvalue weighted by Gasteiger charge is -2.40. The van der Waals surface area contributed by atoms with Crippen molar-refractivity contribution in [3.05, 3.63) is 0 Å². The number of carboxylic acids is 1. The van der Waals surface area contributed by atoms with Crippen molar-refractivity contribution >= 4 is 5.97 Å². The van der Waals surface area contributed by atoms with Gasteiger partial charge in [-0.15, -0.1) is 0 Å². The van der Waals surface area contributed by atoms with Crippen LogP contribution in [0.25, 0.3) is 0 Å². The highest BCUT2D eigenvalue weighted by atomic mass is 16.5. The molecular weight excluding hydrogens is 198 g/mol. The number of carboxylic acid groups (broad SMARTS) is 1. The molecule has 15 heavy (non-hydrogen) atoms. The number of hydrogen-bond acceptors (Lipinski definition) is 4. The third-order valence-electron chi connectivity index (χ3n) is 2.51. The number of morpholine rings is 1. The first-order valence-corrected chi connectivity index (χ1v) is 5.06. The first kappa shape index (κ1) is 12.4. The Labute approximate surface area is 90.0 Å². The molecule has 5 heteroatoms. The van der Waals surface area contributed by atoms with Crippen LogP contribution in [0.3, 0.4) is 0 Å². The average Bonchev–Trinajstić information content (AvgIpc) is 2.11. The molecule has 1 N–H and O–H groups in total. The number of methoxy groups -OCH3 is 1. The van der Waals surface area contributed by atoms with Crippen molar-refractivity contribution in [3.63, 3.8) is 0 Å². The number of ether oxygens (including phenoxy) is 2. The lowest BCUT2D eigenvalue weighted by Crippen LogP contribution is -2.55. The van der Waals surface area contributed by atoms with Crippen LogP contribution in [-0.2, 0) is 14.3 Å². The van der Waals surface area contributed by atoms with Crippen molar-refractivity contribution in [1.82, 2.24) is 4.90 Å². The molecule has 0 radical (unpaired) electrons. The van der Waals surface area contributed by atoms with Gasteiger partial charge < -0.3 is 14.6 Å². The summed E-state index contributed by atoms with van der Waals surface area (Å²) in [7, 11) is 1.52. The smallest absolute Gasteiger partial charge is 0.323 e. The predicted octanol–water partition coefficient (Wildman–Crippen LogP) is 0.197. The van der Waals surface area contributed by atoms with E-state index in [2.05, 4.69) is 0 Å². The van der Waals surface area contributed by atoms with E-state index >= 15 is 0 Å². The second kappa shape index (κ2) is 4.92. The van der Waals surface area contributed by atoms with Gasteiger partial charge in [0.15, 0.2) is 0 Å². The topological polar surface area (TPSA) is 59.0 Å². The van der Waals surface area contributed by atoms with Crippen LogP contribution in [0.2, 0.25) is 0 Å². The molecule has 1 heterocycles.